The van der Waals surface area contributed by atoms with E-state index in [0.717, 1.165) is 24.1 Å². The lowest BCUT2D eigenvalue weighted by Gasteiger charge is -2.31. The summed E-state index contributed by atoms with van der Waals surface area (Å²) < 4.78 is 19.9. The predicted molar refractivity (Wildman–Crippen MR) is 126 cm³/mol. The topological polar surface area (TPSA) is 103 Å². The van der Waals surface area contributed by atoms with Gasteiger partial charge >= 0.3 is 6.03 Å². The number of rotatable bonds is 4. The first-order chi connectivity index (χ1) is 15.5. The van der Waals surface area contributed by atoms with Crippen molar-refractivity contribution in [1.29, 1.82) is 0 Å². The molecule has 3 heterocycles. The second kappa shape index (κ2) is 6.93. The molecule has 2 aliphatic rings. The van der Waals surface area contributed by atoms with Crippen LogP contribution in [-0.2, 0) is 16.9 Å². The van der Waals surface area contributed by atoms with Gasteiger partial charge in [-0.2, -0.15) is 5.10 Å². The molecule has 0 saturated heterocycles. The lowest BCUT2D eigenvalue weighted by molar-refractivity contribution is -0.117. The highest BCUT2D eigenvalue weighted by Gasteiger charge is 2.59. The number of nitrogens with zero attached hydrogens (tertiary/aromatic N) is 2. The van der Waals surface area contributed by atoms with Gasteiger partial charge in [-0.05, 0) is 44.9 Å². The normalized spacial score (nSPS) is 18.3. The van der Waals surface area contributed by atoms with Crippen molar-refractivity contribution in [1.82, 2.24) is 15.1 Å². The molecular formula is C23H28FN5O3Si. The van der Waals surface area contributed by atoms with Gasteiger partial charge in [0, 0.05) is 16.0 Å². The molecule has 1 aliphatic heterocycles. The smallest absolute Gasteiger partial charge is 0.323 e. The van der Waals surface area contributed by atoms with Crippen LogP contribution in [0, 0.1) is 5.82 Å². The van der Waals surface area contributed by atoms with Crippen LogP contribution in [0.2, 0.25) is 24.7 Å². The monoisotopic (exact) mass is 469 g/mol. The average molecular weight is 470 g/mol. The summed E-state index contributed by atoms with van der Waals surface area (Å²) >= 11 is 0. The number of fused-ring (bicyclic) bond motifs is 2. The fraction of sp³-hybridized carbons (Fsp3) is 0.435. The molecular weight excluding hydrogens is 441 g/mol. The quantitative estimate of drug-likeness (QED) is 0.446. The number of urea groups is 1. The van der Waals surface area contributed by atoms with Crippen LogP contribution >= 0.6 is 0 Å². The summed E-state index contributed by atoms with van der Waals surface area (Å²) in [6.45, 7) is 10.6. The number of nitrogens with one attached hydrogen (secondary N) is 3. The summed E-state index contributed by atoms with van der Waals surface area (Å²) in [6, 6.07) is 4.14. The number of aromatic nitrogens is 2. The molecule has 0 radical (unpaired) electrons. The molecule has 0 atom stereocenters. The molecule has 5 rings (SSSR count). The molecule has 1 saturated carbocycles. The molecule has 8 nitrogen and oxygen atoms in total. The van der Waals surface area contributed by atoms with E-state index in [-0.39, 0.29) is 28.8 Å². The predicted octanol–water partition coefficient (Wildman–Crippen LogP) is 5.39. The summed E-state index contributed by atoms with van der Waals surface area (Å²) in [7, 11) is -1.69. The van der Waals surface area contributed by atoms with E-state index in [0.29, 0.717) is 11.2 Å². The first-order valence-electron chi connectivity index (χ1n) is 11.1. The molecule has 1 aromatic carbocycles. The van der Waals surface area contributed by atoms with E-state index >= 15 is 0 Å². The Bertz CT molecular complexity index is 1280. The lowest BCUT2D eigenvalue weighted by atomic mass is 10.0. The van der Waals surface area contributed by atoms with Crippen LogP contribution in [0.25, 0.3) is 11.0 Å². The van der Waals surface area contributed by atoms with Crippen molar-refractivity contribution in [2.45, 2.75) is 63.5 Å². The molecule has 33 heavy (non-hydrogen) atoms. The Balaban J connectivity index is 1.39. The van der Waals surface area contributed by atoms with Crippen molar-refractivity contribution >= 4 is 42.5 Å². The fourth-order valence-corrected chi connectivity index (χ4v) is 7.28. The zero-order valence-electron chi connectivity index (χ0n) is 19.4. The minimum absolute atomic E-state index is 0.00585. The molecule has 10 heteroatoms. The third kappa shape index (κ3) is 3.18. The van der Waals surface area contributed by atoms with Gasteiger partial charge in [0.25, 0.3) is 0 Å². The molecule has 3 aromatic rings. The van der Waals surface area contributed by atoms with E-state index in [1.807, 2.05) is 13.8 Å². The maximum absolute atomic E-state index is 14.5. The molecule has 3 N–H and O–H groups in total. The summed E-state index contributed by atoms with van der Waals surface area (Å²) in [4.78, 5) is 28.0. The van der Waals surface area contributed by atoms with E-state index in [4.69, 9.17) is 4.42 Å². The third-order valence-corrected chi connectivity index (χ3v) is 11.0. The summed E-state index contributed by atoms with van der Waals surface area (Å²) in [5.74, 6) is -0.0949. The van der Waals surface area contributed by atoms with E-state index in [9.17, 15) is 14.0 Å². The van der Waals surface area contributed by atoms with Crippen LogP contribution in [0.15, 0.2) is 28.9 Å². The largest absolute Gasteiger partial charge is 0.462 e. The number of aromatic amines is 1. The summed E-state index contributed by atoms with van der Waals surface area (Å²) in [5.41, 5.74) is 1.08. The minimum Gasteiger partial charge on any atom is -0.462 e. The number of hydrogen-bond donors (Lipinski definition) is 3. The molecule has 1 fully saturated rings. The van der Waals surface area contributed by atoms with E-state index in [1.165, 1.54) is 12.3 Å². The van der Waals surface area contributed by atoms with Crippen molar-refractivity contribution in [2.75, 3.05) is 10.6 Å². The number of carbonyl (C=O) groups is 2. The Morgan fingerprint density at radius 1 is 1.18 bits per heavy atom. The van der Waals surface area contributed by atoms with E-state index in [2.05, 4.69) is 40.5 Å². The maximum atomic E-state index is 14.5. The second-order valence-electron chi connectivity index (χ2n) is 10.5. The number of hydrogen-bond acceptors (Lipinski definition) is 4. The number of anilines is 2. The van der Waals surface area contributed by atoms with Gasteiger partial charge in [0.1, 0.15) is 5.69 Å². The van der Waals surface area contributed by atoms with Crippen molar-refractivity contribution in [2.24, 2.45) is 0 Å². The standard InChI is InChI=1S/C23H28FN5O3Si/c1-22(2)18-14(19(28-27-18)26-20(30)23(9-10-23)33(3,4)5)12-29(22)21(31)25-16-15(24)7-6-13-8-11-32-17(13)16/h6-8,11H,9-10,12H2,1-5H3,(H,25,31)(H2,26,27,28,30). The Morgan fingerprint density at radius 3 is 2.58 bits per heavy atom. The van der Waals surface area contributed by atoms with Gasteiger partial charge in [0.05, 0.1) is 32.1 Å². The van der Waals surface area contributed by atoms with E-state index < -0.39 is 25.5 Å². The fourth-order valence-electron chi connectivity index (χ4n) is 4.91. The molecule has 0 unspecified atom stereocenters. The summed E-state index contributed by atoms with van der Waals surface area (Å²) in [5, 5.41) is 13.5. The zero-order chi connectivity index (χ0) is 23.8. The number of carbonyl (C=O) groups excluding carboxylic acids is 2. The zero-order valence-corrected chi connectivity index (χ0v) is 20.4. The van der Waals surface area contributed by atoms with Crippen molar-refractivity contribution in [3.63, 3.8) is 0 Å². The van der Waals surface area contributed by atoms with Crippen LogP contribution in [0.5, 0.6) is 0 Å². The SMILES string of the molecule is CC1(C)c2[nH]nc(NC(=O)C3([Si](C)(C)C)CC3)c2CN1C(=O)Nc1c(F)ccc2ccoc12. The number of amides is 3. The van der Waals surface area contributed by atoms with Gasteiger partial charge in [-0.25, -0.2) is 9.18 Å². The Morgan fingerprint density at radius 2 is 1.91 bits per heavy atom. The first-order valence-corrected chi connectivity index (χ1v) is 14.6. The van der Waals surface area contributed by atoms with Gasteiger partial charge in [0.2, 0.25) is 5.91 Å². The molecule has 1 aliphatic carbocycles. The lowest BCUT2D eigenvalue weighted by Crippen LogP contribution is -2.43. The maximum Gasteiger partial charge on any atom is 0.323 e. The van der Waals surface area contributed by atoms with Gasteiger partial charge in [-0.15, -0.1) is 0 Å². The number of benzene rings is 1. The summed E-state index contributed by atoms with van der Waals surface area (Å²) in [6.07, 6.45) is 3.27. The van der Waals surface area contributed by atoms with Crippen molar-refractivity contribution < 1.29 is 18.4 Å². The Labute approximate surface area is 191 Å². The molecule has 0 spiro atoms. The molecule has 2 aromatic heterocycles. The van der Waals surface area contributed by atoms with Crippen LogP contribution in [0.1, 0.15) is 37.9 Å². The third-order valence-electron chi connectivity index (χ3n) is 7.37. The average Bonchev–Trinajstić information content (AvgIpc) is 3.15. The van der Waals surface area contributed by atoms with Gasteiger partial charge in [-0.1, -0.05) is 19.6 Å². The van der Waals surface area contributed by atoms with Crippen LogP contribution in [-0.4, -0.2) is 35.1 Å². The minimum atomic E-state index is -1.69. The first kappa shape index (κ1) is 21.7. The second-order valence-corrected chi connectivity index (χ2v) is 16.0. The van der Waals surface area contributed by atoms with Crippen molar-refractivity contribution in [3.05, 3.63) is 41.5 Å². The molecule has 174 valence electrons. The van der Waals surface area contributed by atoms with Gasteiger partial charge in [0.15, 0.2) is 17.2 Å². The highest BCUT2D eigenvalue weighted by atomic mass is 28.3. The number of H-pyrrole nitrogens is 1. The van der Waals surface area contributed by atoms with Crippen LogP contribution in [0.3, 0.4) is 0 Å². The highest BCUT2D eigenvalue weighted by molar-refractivity contribution is 6.83. The number of halogens is 1. The highest BCUT2D eigenvalue weighted by Crippen LogP contribution is 2.61. The van der Waals surface area contributed by atoms with E-state index in [1.54, 1.807) is 17.0 Å². The molecule has 3 amide bonds. The van der Waals surface area contributed by atoms with Gasteiger partial charge in [-0.3, -0.25) is 9.89 Å². The Hall–Kier alpha value is -3.14. The van der Waals surface area contributed by atoms with Crippen LogP contribution in [0.4, 0.5) is 20.7 Å². The molecule has 0 bridgehead atoms. The van der Waals surface area contributed by atoms with Crippen LogP contribution < -0.4 is 10.6 Å². The van der Waals surface area contributed by atoms with Crippen molar-refractivity contribution in [3.8, 4) is 0 Å². The number of furan rings is 1. The van der Waals surface area contributed by atoms with Gasteiger partial charge < -0.3 is 20.0 Å². The Kier molecular flexibility index (Phi) is 4.55.